The van der Waals surface area contributed by atoms with Crippen molar-refractivity contribution in [2.75, 3.05) is 18.4 Å². The van der Waals surface area contributed by atoms with Gasteiger partial charge in [-0.05, 0) is 63.0 Å². The van der Waals surface area contributed by atoms with Gasteiger partial charge in [0, 0.05) is 29.2 Å². The van der Waals surface area contributed by atoms with Crippen LogP contribution in [0.4, 0.5) is 18.9 Å². The maximum absolute atomic E-state index is 14.6. The summed E-state index contributed by atoms with van der Waals surface area (Å²) in [5, 5.41) is 22.1. The lowest BCUT2D eigenvalue weighted by atomic mass is 9.98. The number of hydrogen-bond donors (Lipinski definition) is 2. The Hall–Kier alpha value is -4.26. The van der Waals surface area contributed by atoms with Gasteiger partial charge in [-0.1, -0.05) is 0 Å². The lowest BCUT2D eigenvalue weighted by Gasteiger charge is -2.23. The first-order valence-corrected chi connectivity index (χ1v) is 12.7. The highest BCUT2D eigenvalue weighted by molar-refractivity contribution is 6.05. The Labute approximate surface area is 221 Å². The monoisotopic (exact) mass is 538 g/mol. The number of anilines is 1. The Kier molecular flexibility index (Phi) is 6.51. The van der Waals surface area contributed by atoms with Crippen molar-refractivity contribution in [2.45, 2.75) is 44.0 Å². The number of piperidine rings is 1. The Morgan fingerprint density at radius 3 is 2.59 bits per heavy atom. The minimum atomic E-state index is -4.74. The van der Waals surface area contributed by atoms with E-state index in [4.69, 9.17) is 4.74 Å². The molecule has 6 rings (SSSR count). The van der Waals surface area contributed by atoms with Crippen molar-refractivity contribution in [3.8, 4) is 22.6 Å². The predicted molar refractivity (Wildman–Crippen MR) is 135 cm³/mol. The van der Waals surface area contributed by atoms with Crippen molar-refractivity contribution in [3.63, 3.8) is 0 Å². The van der Waals surface area contributed by atoms with E-state index in [0.717, 1.165) is 25.9 Å². The van der Waals surface area contributed by atoms with Crippen LogP contribution in [0, 0.1) is 0 Å². The molecule has 1 saturated carbocycles. The van der Waals surface area contributed by atoms with Gasteiger partial charge < -0.3 is 15.4 Å². The summed E-state index contributed by atoms with van der Waals surface area (Å²) in [5.41, 5.74) is -0.297. The minimum absolute atomic E-state index is 0.0135. The van der Waals surface area contributed by atoms with E-state index in [-0.39, 0.29) is 40.4 Å². The standard InChI is InChI=1S/C26H25F3N8O2/c27-26(28,29)24-22(39-19-1-2-19)4-3-20(23(24)16-13-33-37(15-16)17-5-9-30-10-6-17)34-25(38)21-8-12-36(35-21)18-7-11-31-32-14-18/h3-4,7-8,11-15,17,19,30H,1-2,5-6,9-10H2,(H,34,38). The normalized spacial score (nSPS) is 16.3. The lowest BCUT2D eigenvalue weighted by molar-refractivity contribution is -0.138. The average Bonchev–Trinajstić information content (AvgIpc) is 3.39. The molecule has 4 aromatic rings. The van der Waals surface area contributed by atoms with Crippen LogP contribution in [0.1, 0.15) is 47.8 Å². The van der Waals surface area contributed by atoms with Crippen LogP contribution in [0.5, 0.6) is 5.75 Å². The summed E-state index contributed by atoms with van der Waals surface area (Å²) in [7, 11) is 0. The Balaban J connectivity index is 1.39. The number of ether oxygens (including phenoxy) is 1. The number of nitrogens with zero attached hydrogens (tertiary/aromatic N) is 6. The predicted octanol–water partition coefficient (Wildman–Crippen LogP) is 4.26. The maximum Gasteiger partial charge on any atom is 0.420 e. The summed E-state index contributed by atoms with van der Waals surface area (Å²) in [6.07, 6.45) is 5.59. The van der Waals surface area contributed by atoms with Gasteiger partial charge in [-0.25, -0.2) is 4.68 Å². The van der Waals surface area contributed by atoms with Crippen molar-refractivity contribution < 1.29 is 22.7 Å². The number of alkyl halides is 3. The van der Waals surface area contributed by atoms with E-state index in [1.807, 2.05) is 0 Å². The number of carbonyl (C=O) groups is 1. The quantitative estimate of drug-likeness (QED) is 0.362. The van der Waals surface area contributed by atoms with Crippen molar-refractivity contribution in [1.82, 2.24) is 35.1 Å². The van der Waals surface area contributed by atoms with Gasteiger partial charge in [0.25, 0.3) is 5.91 Å². The molecule has 1 aliphatic heterocycles. The molecule has 4 heterocycles. The number of benzene rings is 1. The summed E-state index contributed by atoms with van der Waals surface area (Å²) < 4.78 is 52.6. The third kappa shape index (κ3) is 5.35. The molecule has 2 fully saturated rings. The van der Waals surface area contributed by atoms with E-state index in [0.29, 0.717) is 18.5 Å². The van der Waals surface area contributed by atoms with E-state index in [9.17, 15) is 18.0 Å². The summed E-state index contributed by atoms with van der Waals surface area (Å²) in [5.74, 6) is -0.922. The Morgan fingerprint density at radius 2 is 1.87 bits per heavy atom. The van der Waals surface area contributed by atoms with Crippen LogP contribution in [0.2, 0.25) is 0 Å². The molecule has 1 saturated heterocycles. The van der Waals surface area contributed by atoms with Gasteiger partial charge in [-0.3, -0.25) is 9.48 Å². The maximum atomic E-state index is 14.6. The van der Waals surface area contributed by atoms with Crippen molar-refractivity contribution in [1.29, 1.82) is 0 Å². The molecule has 0 radical (unpaired) electrons. The summed E-state index contributed by atoms with van der Waals surface area (Å²) in [6, 6.07) is 5.91. The zero-order chi connectivity index (χ0) is 27.0. The highest BCUT2D eigenvalue weighted by Crippen LogP contribution is 2.48. The summed E-state index contributed by atoms with van der Waals surface area (Å²) in [6.45, 7) is 1.61. The van der Waals surface area contributed by atoms with Crippen LogP contribution in [0.3, 0.4) is 0 Å². The molecule has 2 N–H and O–H groups in total. The molecule has 2 aliphatic rings. The van der Waals surface area contributed by atoms with Crippen molar-refractivity contribution >= 4 is 11.6 Å². The Morgan fingerprint density at radius 1 is 1.05 bits per heavy atom. The molecule has 202 valence electrons. The second-order valence-corrected chi connectivity index (χ2v) is 9.57. The number of amides is 1. The molecule has 13 heteroatoms. The number of rotatable bonds is 7. The minimum Gasteiger partial charge on any atom is -0.490 e. The molecule has 0 atom stereocenters. The molecule has 3 aromatic heterocycles. The zero-order valence-corrected chi connectivity index (χ0v) is 20.7. The van der Waals surface area contributed by atoms with Crippen molar-refractivity contribution in [3.05, 3.63) is 66.5 Å². The van der Waals surface area contributed by atoms with E-state index in [2.05, 4.69) is 31.0 Å². The van der Waals surface area contributed by atoms with Gasteiger partial charge in [0.2, 0.25) is 0 Å². The van der Waals surface area contributed by atoms with Crippen LogP contribution < -0.4 is 15.4 Å². The molecule has 0 spiro atoms. The third-order valence-corrected chi connectivity index (χ3v) is 6.74. The van der Waals surface area contributed by atoms with Gasteiger partial charge in [-0.2, -0.15) is 33.6 Å². The number of hydrogen-bond acceptors (Lipinski definition) is 7. The van der Waals surface area contributed by atoms with Gasteiger partial charge in [0.1, 0.15) is 11.3 Å². The first-order chi connectivity index (χ1) is 18.9. The van der Waals surface area contributed by atoms with Crippen LogP contribution in [0.15, 0.2) is 55.2 Å². The van der Waals surface area contributed by atoms with Gasteiger partial charge in [0.05, 0.1) is 36.4 Å². The molecular formula is C26H25F3N8O2. The molecule has 1 aromatic carbocycles. The van der Waals surface area contributed by atoms with E-state index >= 15 is 0 Å². The smallest absolute Gasteiger partial charge is 0.420 e. The molecule has 0 unspecified atom stereocenters. The number of aromatic nitrogens is 6. The van der Waals surface area contributed by atoms with Crippen LogP contribution in [0.25, 0.3) is 16.8 Å². The fourth-order valence-corrected chi connectivity index (χ4v) is 4.67. The molecule has 10 nitrogen and oxygen atoms in total. The molecular weight excluding hydrogens is 513 g/mol. The van der Waals surface area contributed by atoms with E-state index in [1.165, 1.54) is 41.5 Å². The van der Waals surface area contributed by atoms with E-state index in [1.54, 1.807) is 23.1 Å². The number of halogens is 3. The van der Waals surface area contributed by atoms with Crippen LogP contribution in [-0.2, 0) is 6.18 Å². The molecule has 1 aliphatic carbocycles. The number of carbonyl (C=O) groups excluding carboxylic acids is 1. The highest BCUT2D eigenvalue weighted by atomic mass is 19.4. The van der Waals surface area contributed by atoms with Crippen LogP contribution >= 0.6 is 0 Å². The average molecular weight is 539 g/mol. The topological polar surface area (TPSA) is 112 Å². The van der Waals surface area contributed by atoms with Gasteiger partial charge >= 0.3 is 6.18 Å². The summed E-state index contributed by atoms with van der Waals surface area (Å²) >= 11 is 0. The largest absolute Gasteiger partial charge is 0.490 e. The molecule has 39 heavy (non-hydrogen) atoms. The van der Waals surface area contributed by atoms with Crippen molar-refractivity contribution in [2.24, 2.45) is 0 Å². The van der Waals surface area contributed by atoms with Crippen LogP contribution in [-0.4, -0.2) is 54.9 Å². The SMILES string of the molecule is O=C(Nc1ccc(OC2CC2)c(C(F)(F)F)c1-c1cnn(C2CCNCC2)c1)c1ccn(-c2ccnnc2)n1. The second kappa shape index (κ2) is 10.1. The molecule has 1 amide bonds. The number of nitrogens with one attached hydrogen (secondary N) is 2. The second-order valence-electron chi connectivity index (χ2n) is 9.57. The first-order valence-electron chi connectivity index (χ1n) is 12.7. The van der Waals surface area contributed by atoms with Gasteiger partial charge in [-0.15, -0.1) is 0 Å². The zero-order valence-electron chi connectivity index (χ0n) is 20.7. The van der Waals surface area contributed by atoms with E-state index < -0.39 is 17.6 Å². The highest BCUT2D eigenvalue weighted by Gasteiger charge is 2.41. The Bertz CT molecular complexity index is 1470. The third-order valence-electron chi connectivity index (χ3n) is 6.74. The first kappa shape index (κ1) is 25.0. The van der Waals surface area contributed by atoms with Gasteiger partial charge in [0.15, 0.2) is 5.69 Å². The fourth-order valence-electron chi connectivity index (χ4n) is 4.67. The summed E-state index contributed by atoms with van der Waals surface area (Å²) in [4.78, 5) is 13.2. The molecule has 0 bridgehead atoms. The lowest BCUT2D eigenvalue weighted by Crippen LogP contribution is -2.29. The fraction of sp³-hybridized carbons (Fsp3) is 0.346.